The number of anilines is 1. The maximum Gasteiger partial charge on any atom is 0.210 e. The van der Waals surface area contributed by atoms with Crippen LogP contribution in [0, 0.1) is 0 Å². The maximum atomic E-state index is 10.7. The summed E-state index contributed by atoms with van der Waals surface area (Å²) in [5, 5.41) is 8.24. The van der Waals surface area contributed by atoms with Crippen LogP contribution in [0.5, 0.6) is 0 Å². The predicted molar refractivity (Wildman–Crippen MR) is 61.8 cm³/mol. The van der Waals surface area contributed by atoms with Crippen LogP contribution in [-0.2, 0) is 14.8 Å². The average molecular weight is 266 g/mol. The Balaban J connectivity index is 2.47. The summed E-state index contributed by atoms with van der Waals surface area (Å²) in [6.07, 6.45) is -0.176. The SMILES string of the molecule is COC(C)c1nsc(NCCS(N)(=O)=O)n1. The molecule has 0 fully saturated rings. The molecule has 9 heteroatoms. The first-order chi connectivity index (χ1) is 7.42. The lowest BCUT2D eigenvalue weighted by Crippen LogP contribution is -2.22. The molecule has 1 heterocycles. The summed E-state index contributed by atoms with van der Waals surface area (Å²) in [6.45, 7) is 2.05. The van der Waals surface area contributed by atoms with Gasteiger partial charge in [0.25, 0.3) is 0 Å². The van der Waals surface area contributed by atoms with Crippen LogP contribution in [0.15, 0.2) is 0 Å². The van der Waals surface area contributed by atoms with Crippen molar-refractivity contribution in [2.45, 2.75) is 13.0 Å². The standard InChI is InChI=1S/C7H14N4O3S2/c1-5(14-2)6-10-7(15-11-6)9-3-4-16(8,12)13/h5H,3-4H2,1-2H3,(H2,8,12,13)(H,9,10,11). The van der Waals surface area contributed by atoms with Gasteiger partial charge in [-0.2, -0.15) is 4.37 Å². The first-order valence-electron chi connectivity index (χ1n) is 4.53. The lowest BCUT2D eigenvalue weighted by atomic mass is 10.4. The van der Waals surface area contributed by atoms with Gasteiger partial charge in [-0.3, -0.25) is 0 Å². The number of ether oxygens (including phenoxy) is 1. The molecule has 0 aromatic carbocycles. The fourth-order valence-corrected chi connectivity index (χ4v) is 1.93. The van der Waals surface area contributed by atoms with Crippen LogP contribution in [-0.4, -0.2) is 37.2 Å². The minimum absolute atomic E-state index is 0.137. The lowest BCUT2D eigenvalue weighted by molar-refractivity contribution is 0.113. The van der Waals surface area contributed by atoms with E-state index in [1.807, 2.05) is 6.92 Å². The van der Waals surface area contributed by atoms with Gasteiger partial charge in [0.2, 0.25) is 15.2 Å². The molecule has 0 bridgehead atoms. The normalized spacial score (nSPS) is 13.7. The summed E-state index contributed by atoms with van der Waals surface area (Å²) >= 11 is 1.16. The molecule has 3 N–H and O–H groups in total. The third kappa shape index (κ3) is 4.39. The third-order valence-corrected chi connectivity index (χ3v) is 3.28. The summed E-state index contributed by atoms with van der Waals surface area (Å²) in [4.78, 5) is 4.14. The molecule has 0 amide bonds. The molecule has 0 aliphatic rings. The summed E-state index contributed by atoms with van der Waals surface area (Å²) in [5.41, 5.74) is 0. The van der Waals surface area contributed by atoms with Gasteiger partial charge in [0, 0.05) is 25.2 Å². The molecule has 92 valence electrons. The molecule has 0 radical (unpaired) electrons. The number of methoxy groups -OCH3 is 1. The molecule has 1 aromatic heterocycles. The fraction of sp³-hybridized carbons (Fsp3) is 0.714. The van der Waals surface area contributed by atoms with Crippen LogP contribution in [0.3, 0.4) is 0 Å². The highest BCUT2D eigenvalue weighted by Gasteiger charge is 2.11. The van der Waals surface area contributed by atoms with Crippen LogP contribution in [0.2, 0.25) is 0 Å². The number of hydrogen-bond donors (Lipinski definition) is 2. The van der Waals surface area contributed by atoms with Crippen molar-refractivity contribution in [1.82, 2.24) is 9.36 Å². The van der Waals surface area contributed by atoms with Gasteiger partial charge in [0.1, 0.15) is 6.10 Å². The van der Waals surface area contributed by atoms with Crippen LogP contribution in [0.25, 0.3) is 0 Å². The van der Waals surface area contributed by atoms with Crippen LogP contribution in [0.1, 0.15) is 18.9 Å². The average Bonchev–Trinajstić information content (AvgIpc) is 2.63. The van der Waals surface area contributed by atoms with E-state index in [-0.39, 0.29) is 18.4 Å². The van der Waals surface area contributed by atoms with Crippen LogP contribution in [0.4, 0.5) is 5.13 Å². The monoisotopic (exact) mass is 266 g/mol. The highest BCUT2D eigenvalue weighted by molar-refractivity contribution is 7.89. The number of rotatable bonds is 6. The number of hydrogen-bond acceptors (Lipinski definition) is 7. The zero-order chi connectivity index (χ0) is 12.2. The summed E-state index contributed by atoms with van der Waals surface area (Å²) in [6, 6.07) is 0. The molecule has 1 aromatic rings. The van der Waals surface area contributed by atoms with Gasteiger partial charge in [0.05, 0.1) is 5.75 Å². The maximum absolute atomic E-state index is 10.7. The molecule has 1 atom stereocenters. The largest absolute Gasteiger partial charge is 0.374 e. The van der Waals surface area contributed by atoms with Crippen molar-refractivity contribution >= 4 is 26.7 Å². The number of sulfonamides is 1. The molecule has 0 saturated heterocycles. The van der Waals surface area contributed by atoms with Gasteiger partial charge in [-0.1, -0.05) is 0 Å². The van der Waals surface area contributed by atoms with E-state index in [9.17, 15) is 8.42 Å². The number of nitrogens with two attached hydrogens (primary N) is 1. The van der Waals surface area contributed by atoms with E-state index in [4.69, 9.17) is 9.88 Å². The van der Waals surface area contributed by atoms with Gasteiger partial charge in [-0.05, 0) is 6.92 Å². The van der Waals surface area contributed by atoms with Crippen LogP contribution >= 0.6 is 11.5 Å². The highest BCUT2D eigenvalue weighted by Crippen LogP contribution is 2.17. The van der Waals surface area contributed by atoms with E-state index < -0.39 is 10.0 Å². The second-order valence-corrected chi connectivity index (χ2v) is 5.62. The Hall–Kier alpha value is -0.770. The predicted octanol–water partition coefficient (Wildman–Crippen LogP) is -0.0541. The minimum Gasteiger partial charge on any atom is -0.374 e. The Morgan fingerprint density at radius 2 is 2.31 bits per heavy atom. The molecule has 7 nitrogen and oxygen atoms in total. The second-order valence-electron chi connectivity index (χ2n) is 3.13. The molecule has 1 rings (SSSR count). The van der Waals surface area contributed by atoms with Crippen molar-refractivity contribution in [1.29, 1.82) is 0 Å². The molecule has 16 heavy (non-hydrogen) atoms. The van der Waals surface area contributed by atoms with Gasteiger partial charge >= 0.3 is 0 Å². The molecule has 0 aliphatic carbocycles. The Bertz CT molecular complexity index is 431. The molecule has 0 saturated carbocycles. The Morgan fingerprint density at radius 1 is 1.62 bits per heavy atom. The van der Waals surface area contributed by atoms with E-state index in [2.05, 4.69) is 14.7 Å². The smallest absolute Gasteiger partial charge is 0.210 e. The van der Waals surface area contributed by atoms with Crippen molar-refractivity contribution in [3.63, 3.8) is 0 Å². The number of nitrogens with zero attached hydrogens (tertiary/aromatic N) is 2. The number of primary sulfonamides is 1. The topological polar surface area (TPSA) is 107 Å². The van der Waals surface area contributed by atoms with Crippen LogP contribution < -0.4 is 10.5 Å². The van der Waals surface area contributed by atoms with Gasteiger partial charge in [-0.25, -0.2) is 18.5 Å². The van der Waals surface area contributed by atoms with Gasteiger partial charge in [0.15, 0.2) is 5.82 Å². The van der Waals surface area contributed by atoms with Crippen molar-refractivity contribution in [2.24, 2.45) is 5.14 Å². The second kappa shape index (κ2) is 5.53. The minimum atomic E-state index is -3.44. The van der Waals surface area contributed by atoms with E-state index >= 15 is 0 Å². The Labute approximate surface area is 98.2 Å². The van der Waals surface area contributed by atoms with Crippen molar-refractivity contribution in [3.8, 4) is 0 Å². The van der Waals surface area contributed by atoms with E-state index in [0.717, 1.165) is 11.5 Å². The fourth-order valence-electron chi connectivity index (χ4n) is 0.877. The van der Waals surface area contributed by atoms with Crippen molar-refractivity contribution in [3.05, 3.63) is 5.82 Å². The van der Waals surface area contributed by atoms with Crippen molar-refractivity contribution in [2.75, 3.05) is 24.7 Å². The van der Waals surface area contributed by atoms with Crippen molar-refractivity contribution < 1.29 is 13.2 Å². The third-order valence-electron chi connectivity index (χ3n) is 1.82. The molecule has 1 unspecified atom stereocenters. The van der Waals surface area contributed by atoms with E-state index in [1.165, 1.54) is 0 Å². The van der Waals surface area contributed by atoms with E-state index in [1.54, 1.807) is 7.11 Å². The summed E-state index contributed by atoms with van der Waals surface area (Å²) in [5.74, 6) is 0.437. The molecular weight excluding hydrogens is 252 g/mol. The number of aromatic nitrogens is 2. The summed E-state index contributed by atoms with van der Waals surface area (Å²) < 4.78 is 30.4. The first-order valence-corrected chi connectivity index (χ1v) is 7.02. The zero-order valence-corrected chi connectivity index (χ0v) is 10.6. The van der Waals surface area contributed by atoms with E-state index in [0.29, 0.717) is 11.0 Å². The van der Waals surface area contributed by atoms with Gasteiger partial charge in [-0.15, -0.1) is 0 Å². The van der Waals surface area contributed by atoms with Gasteiger partial charge < -0.3 is 10.1 Å². The summed E-state index contributed by atoms with van der Waals surface area (Å²) in [7, 11) is -1.87. The molecule has 0 spiro atoms. The Morgan fingerprint density at radius 3 is 2.88 bits per heavy atom. The lowest BCUT2D eigenvalue weighted by Gasteiger charge is -2.02. The molecular formula is C7H14N4O3S2. The number of nitrogens with one attached hydrogen (secondary N) is 1. The Kier molecular flexibility index (Phi) is 4.59. The quantitative estimate of drug-likeness (QED) is 0.747. The molecule has 0 aliphatic heterocycles. The first kappa shape index (κ1) is 13.3. The highest BCUT2D eigenvalue weighted by atomic mass is 32.2. The zero-order valence-electron chi connectivity index (χ0n) is 9.00.